The number of benzene rings is 2. The van der Waals surface area contributed by atoms with Crippen LogP contribution in [0.3, 0.4) is 0 Å². The number of carbonyl (C=O) groups excluding carboxylic acids is 1. The second-order valence-corrected chi connectivity index (χ2v) is 8.68. The van der Waals surface area contributed by atoms with E-state index in [1.54, 1.807) is 11.3 Å². The fourth-order valence-electron chi connectivity index (χ4n) is 3.70. The van der Waals surface area contributed by atoms with Gasteiger partial charge in [-0.2, -0.15) is 0 Å². The molecule has 6 heteroatoms. The van der Waals surface area contributed by atoms with Gasteiger partial charge in [0.15, 0.2) is 5.13 Å². The van der Waals surface area contributed by atoms with Crippen LogP contribution in [0.1, 0.15) is 16.7 Å². The number of quaternary nitrogens is 1. The molecule has 1 saturated heterocycles. The Morgan fingerprint density at radius 3 is 2.66 bits per heavy atom. The number of hydrogen-bond acceptors (Lipinski definition) is 4. The minimum absolute atomic E-state index is 0.109. The van der Waals surface area contributed by atoms with Crippen LogP contribution in [0.2, 0.25) is 0 Å². The van der Waals surface area contributed by atoms with Crippen LogP contribution in [0.15, 0.2) is 42.5 Å². The van der Waals surface area contributed by atoms with E-state index in [2.05, 4.69) is 26.0 Å². The van der Waals surface area contributed by atoms with Gasteiger partial charge in [-0.3, -0.25) is 9.69 Å². The van der Waals surface area contributed by atoms with Crippen molar-refractivity contribution >= 4 is 32.6 Å². The van der Waals surface area contributed by atoms with Crippen LogP contribution < -0.4 is 9.80 Å². The first kappa shape index (κ1) is 20.0. The molecular weight excluding hydrogens is 382 g/mol. The Hall–Kier alpha value is -2.28. The molecule has 2 aromatic carbocycles. The third kappa shape index (κ3) is 4.66. The average molecular weight is 411 g/mol. The second-order valence-electron chi connectivity index (χ2n) is 7.67. The van der Waals surface area contributed by atoms with Gasteiger partial charge in [-0.1, -0.05) is 47.7 Å². The zero-order chi connectivity index (χ0) is 20.2. The van der Waals surface area contributed by atoms with Crippen LogP contribution in [0, 0.1) is 13.8 Å². The molecule has 0 unspecified atom stereocenters. The number of hydrogen-bond donors (Lipinski definition) is 1. The number of nitrogens with zero attached hydrogens (tertiary/aromatic N) is 2. The molecule has 1 aliphatic rings. The van der Waals surface area contributed by atoms with Crippen molar-refractivity contribution in [3.05, 3.63) is 59.2 Å². The largest absolute Gasteiger partial charge is 0.370 e. The van der Waals surface area contributed by atoms with Gasteiger partial charge >= 0.3 is 0 Å². The summed E-state index contributed by atoms with van der Waals surface area (Å²) in [5, 5.41) is 0.808. The predicted octanol–water partition coefficient (Wildman–Crippen LogP) is 2.40. The van der Waals surface area contributed by atoms with E-state index in [1.165, 1.54) is 16.0 Å². The molecule has 1 fully saturated rings. The number of ether oxygens (including phenoxy) is 1. The van der Waals surface area contributed by atoms with Crippen molar-refractivity contribution in [3.63, 3.8) is 0 Å². The summed E-state index contributed by atoms with van der Waals surface area (Å²) >= 11 is 1.61. The Kier molecular flexibility index (Phi) is 6.23. The maximum atomic E-state index is 13.3. The zero-order valence-corrected chi connectivity index (χ0v) is 17.9. The van der Waals surface area contributed by atoms with Crippen LogP contribution in [0.4, 0.5) is 5.13 Å². The van der Waals surface area contributed by atoms with E-state index in [9.17, 15) is 4.79 Å². The van der Waals surface area contributed by atoms with Gasteiger partial charge in [0.1, 0.15) is 13.1 Å². The third-order valence-electron chi connectivity index (χ3n) is 5.69. The minimum atomic E-state index is 0.109. The van der Waals surface area contributed by atoms with E-state index < -0.39 is 0 Å². The van der Waals surface area contributed by atoms with Gasteiger partial charge in [0, 0.05) is 0 Å². The summed E-state index contributed by atoms with van der Waals surface area (Å²) in [5.74, 6) is 0.109. The lowest BCUT2D eigenvalue weighted by molar-refractivity contribution is -0.906. The average Bonchev–Trinajstić information content (AvgIpc) is 3.17. The van der Waals surface area contributed by atoms with Gasteiger partial charge in [-0.25, -0.2) is 4.98 Å². The minimum Gasteiger partial charge on any atom is -0.370 e. The fraction of sp³-hybridized carbons (Fsp3) is 0.391. The number of thiazole rings is 1. The van der Waals surface area contributed by atoms with Crippen LogP contribution in [0.25, 0.3) is 10.2 Å². The molecule has 0 spiro atoms. The van der Waals surface area contributed by atoms with Crippen LogP contribution in [-0.4, -0.2) is 50.3 Å². The number of amides is 1. The third-order valence-corrected chi connectivity index (χ3v) is 6.74. The van der Waals surface area contributed by atoms with E-state index >= 15 is 0 Å². The van der Waals surface area contributed by atoms with Crippen LogP contribution in [0.5, 0.6) is 0 Å². The second kappa shape index (κ2) is 9.03. The smallest absolute Gasteiger partial charge is 0.233 e. The van der Waals surface area contributed by atoms with Crippen molar-refractivity contribution in [2.45, 2.75) is 20.3 Å². The summed E-state index contributed by atoms with van der Waals surface area (Å²) in [4.78, 5) is 21.5. The molecular formula is C23H28N3O2S+. The van der Waals surface area contributed by atoms with Gasteiger partial charge in [0.25, 0.3) is 0 Å². The van der Waals surface area contributed by atoms with Crippen molar-refractivity contribution in [1.29, 1.82) is 0 Å². The van der Waals surface area contributed by atoms with Crippen LogP contribution >= 0.6 is 11.3 Å². The molecule has 3 aromatic rings. The highest BCUT2D eigenvalue weighted by atomic mass is 32.1. The number of aromatic nitrogens is 1. The molecule has 1 aliphatic heterocycles. The highest BCUT2D eigenvalue weighted by Crippen LogP contribution is 2.32. The van der Waals surface area contributed by atoms with E-state index in [-0.39, 0.29) is 5.91 Å². The van der Waals surface area contributed by atoms with Crippen molar-refractivity contribution in [1.82, 2.24) is 4.98 Å². The van der Waals surface area contributed by atoms with Crippen molar-refractivity contribution in [2.24, 2.45) is 0 Å². The van der Waals surface area contributed by atoms with Gasteiger partial charge in [0.05, 0.1) is 42.9 Å². The Morgan fingerprint density at radius 1 is 1.14 bits per heavy atom. The molecule has 1 N–H and O–H groups in total. The highest BCUT2D eigenvalue weighted by Gasteiger charge is 2.23. The monoisotopic (exact) mass is 410 g/mol. The van der Waals surface area contributed by atoms with Gasteiger partial charge in [0.2, 0.25) is 5.91 Å². The fourth-order valence-corrected chi connectivity index (χ4v) is 4.77. The molecule has 0 radical (unpaired) electrons. The van der Waals surface area contributed by atoms with E-state index in [1.807, 2.05) is 35.2 Å². The molecule has 5 nitrogen and oxygen atoms in total. The summed E-state index contributed by atoms with van der Waals surface area (Å²) in [7, 11) is 0. The number of carbonyl (C=O) groups is 1. The Balaban J connectivity index is 1.60. The predicted molar refractivity (Wildman–Crippen MR) is 118 cm³/mol. The summed E-state index contributed by atoms with van der Waals surface area (Å²) < 4.78 is 6.61. The molecule has 0 saturated carbocycles. The van der Waals surface area contributed by atoms with Gasteiger partial charge in [-0.05, 0) is 36.6 Å². The van der Waals surface area contributed by atoms with E-state index in [0.29, 0.717) is 13.0 Å². The number of fused-ring (bicyclic) bond motifs is 1. The highest BCUT2D eigenvalue weighted by molar-refractivity contribution is 7.22. The summed E-state index contributed by atoms with van der Waals surface area (Å²) in [6.45, 7) is 9.40. The number of nitrogens with one attached hydrogen (secondary N) is 1. The Labute approximate surface area is 175 Å². The Bertz CT molecular complexity index is 980. The quantitative estimate of drug-likeness (QED) is 0.679. The maximum absolute atomic E-state index is 13.3. The first-order chi connectivity index (χ1) is 14.1. The van der Waals surface area contributed by atoms with Crippen molar-refractivity contribution in [3.8, 4) is 0 Å². The maximum Gasteiger partial charge on any atom is 0.233 e. The lowest BCUT2D eigenvalue weighted by Crippen LogP contribution is -3.14. The standard InChI is InChI=1S/C23H27N3O2S/c1-17-8-9-20-22(18(17)2)24-23(29-20)26(11-10-25-12-14-28-15-13-25)21(27)16-19-6-4-3-5-7-19/h3-9H,10-16H2,1-2H3/p+1. The number of rotatable bonds is 6. The molecule has 0 bridgehead atoms. The van der Waals surface area contributed by atoms with E-state index in [0.717, 1.165) is 53.8 Å². The van der Waals surface area contributed by atoms with Crippen molar-refractivity contribution in [2.75, 3.05) is 44.3 Å². The van der Waals surface area contributed by atoms with Gasteiger partial charge < -0.3 is 9.64 Å². The summed E-state index contributed by atoms with van der Waals surface area (Å²) in [5.41, 5.74) is 4.48. The lowest BCUT2D eigenvalue weighted by Gasteiger charge is -2.27. The molecule has 1 amide bonds. The normalized spacial score (nSPS) is 15.0. The first-order valence-corrected chi connectivity index (χ1v) is 11.1. The zero-order valence-electron chi connectivity index (χ0n) is 17.1. The van der Waals surface area contributed by atoms with Gasteiger partial charge in [-0.15, -0.1) is 0 Å². The lowest BCUT2D eigenvalue weighted by atomic mass is 10.1. The van der Waals surface area contributed by atoms with Crippen molar-refractivity contribution < 1.29 is 14.4 Å². The number of anilines is 1. The summed E-state index contributed by atoms with van der Waals surface area (Å²) in [6, 6.07) is 14.2. The summed E-state index contributed by atoms with van der Waals surface area (Å²) in [6.07, 6.45) is 0.396. The SMILES string of the molecule is Cc1ccc2sc(N(CC[NH+]3CCOCC3)C(=O)Cc3ccccc3)nc2c1C. The number of morpholine rings is 1. The molecule has 4 rings (SSSR count). The Morgan fingerprint density at radius 2 is 1.90 bits per heavy atom. The van der Waals surface area contributed by atoms with Crippen LogP contribution in [-0.2, 0) is 16.0 Å². The molecule has 152 valence electrons. The first-order valence-electron chi connectivity index (χ1n) is 10.2. The number of aryl methyl sites for hydroxylation is 2. The topological polar surface area (TPSA) is 46.9 Å². The molecule has 0 aliphatic carbocycles. The molecule has 29 heavy (non-hydrogen) atoms. The molecule has 0 atom stereocenters. The van der Waals surface area contributed by atoms with E-state index in [4.69, 9.17) is 9.72 Å². The molecule has 2 heterocycles. The molecule has 1 aromatic heterocycles.